The zero-order valence-electron chi connectivity index (χ0n) is 15.9. The van der Waals surface area contributed by atoms with Gasteiger partial charge in [-0.3, -0.25) is 19.7 Å². The Kier molecular flexibility index (Phi) is 5.04. The first-order valence-corrected chi connectivity index (χ1v) is 9.50. The highest BCUT2D eigenvalue weighted by atomic mass is 16.1. The smallest absolute Gasteiger partial charge is 0.251 e. The van der Waals surface area contributed by atoms with Gasteiger partial charge in [0.15, 0.2) is 0 Å². The number of nitrogens with zero attached hydrogens (tertiary/aromatic N) is 5. The van der Waals surface area contributed by atoms with Crippen molar-refractivity contribution in [3.8, 4) is 6.07 Å². The molecule has 0 amide bonds. The van der Waals surface area contributed by atoms with Gasteiger partial charge in [0.05, 0.1) is 22.3 Å². The largest absolute Gasteiger partial charge is 0.368 e. The highest BCUT2D eigenvalue weighted by molar-refractivity contribution is 5.74. The fourth-order valence-electron chi connectivity index (χ4n) is 3.67. The van der Waals surface area contributed by atoms with Crippen LogP contribution in [-0.2, 0) is 13.0 Å². The lowest BCUT2D eigenvalue weighted by Crippen LogP contribution is -2.46. The summed E-state index contributed by atoms with van der Waals surface area (Å²) in [5.74, 6) is 0. The summed E-state index contributed by atoms with van der Waals surface area (Å²) in [5.41, 5.74) is 4.99. The van der Waals surface area contributed by atoms with Crippen LogP contribution in [-0.4, -0.2) is 46.0 Å². The van der Waals surface area contributed by atoms with Crippen molar-refractivity contribution in [3.63, 3.8) is 0 Å². The fourth-order valence-corrected chi connectivity index (χ4v) is 3.67. The lowest BCUT2D eigenvalue weighted by Gasteiger charge is -2.36. The van der Waals surface area contributed by atoms with E-state index in [1.165, 1.54) is 0 Å². The summed E-state index contributed by atoms with van der Waals surface area (Å²) < 4.78 is 0. The number of aromatic nitrogens is 3. The first-order chi connectivity index (χ1) is 13.7. The van der Waals surface area contributed by atoms with Crippen LogP contribution in [0.2, 0.25) is 0 Å². The van der Waals surface area contributed by atoms with Gasteiger partial charge in [0.1, 0.15) is 6.07 Å². The minimum Gasteiger partial charge on any atom is -0.368 e. The summed E-state index contributed by atoms with van der Waals surface area (Å²) in [6.45, 7) is 6.27. The van der Waals surface area contributed by atoms with Crippen molar-refractivity contribution >= 4 is 16.7 Å². The molecule has 0 aromatic carbocycles. The molecule has 28 heavy (non-hydrogen) atoms. The second-order valence-electron chi connectivity index (χ2n) is 7.02. The number of pyridine rings is 3. The van der Waals surface area contributed by atoms with Gasteiger partial charge in [-0.15, -0.1) is 0 Å². The Labute approximate surface area is 163 Å². The molecule has 0 bridgehead atoms. The standard InChI is InChI=1S/C21H22N6O/c1-2-16-10-18-19(25-21(16)28)9-15(12-24-18)14-26-5-7-27(8-6-26)20-3-4-23-13-17(20)11-22/h3-4,9-10,12-13H,2,5-8,14H2,1H3,(H,25,28). The van der Waals surface area contributed by atoms with E-state index in [4.69, 9.17) is 0 Å². The van der Waals surface area contributed by atoms with Gasteiger partial charge in [-0.25, -0.2) is 0 Å². The minimum absolute atomic E-state index is 0.0341. The molecule has 1 fully saturated rings. The number of nitrogens with one attached hydrogen (secondary N) is 1. The molecular formula is C21H22N6O. The van der Waals surface area contributed by atoms with Gasteiger partial charge in [0, 0.05) is 56.9 Å². The molecule has 3 aromatic heterocycles. The van der Waals surface area contributed by atoms with E-state index in [0.717, 1.165) is 60.6 Å². The number of nitriles is 1. The Morgan fingerprint density at radius 2 is 2.04 bits per heavy atom. The quantitative estimate of drug-likeness (QED) is 0.752. The van der Waals surface area contributed by atoms with Crippen LogP contribution in [0, 0.1) is 11.3 Å². The molecule has 0 radical (unpaired) electrons. The van der Waals surface area contributed by atoms with E-state index in [9.17, 15) is 10.1 Å². The lowest BCUT2D eigenvalue weighted by molar-refractivity contribution is 0.249. The molecule has 0 unspecified atom stereocenters. The molecule has 1 N–H and O–H groups in total. The van der Waals surface area contributed by atoms with Gasteiger partial charge in [-0.2, -0.15) is 5.26 Å². The average Bonchev–Trinajstić information content (AvgIpc) is 2.73. The molecular weight excluding hydrogens is 352 g/mol. The first kappa shape index (κ1) is 18.1. The van der Waals surface area contributed by atoms with Crippen molar-refractivity contribution in [3.05, 3.63) is 63.8 Å². The van der Waals surface area contributed by atoms with Crippen LogP contribution in [0.4, 0.5) is 5.69 Å². The third-order valence-electron chi connectivity index (χ3n) is 5.24. The molecule has 7 nitrogen and oxygen atoms in total. The third-order valence-corrected chi connectivity index (χ3v) is 5.24. The van der Waals surface area contributed by atoms with Gasteiger partial charge in [0.25, 0.3) is 5.56 Å². The molecule has 142 valence electrons. The summed E-state index contributed by atoms with van der Waals surface area (Å²) in [6.07, 6.45) is 5.94. The van der Waals surface area contributed by atoms with Crippen molar-refractivity contribution in [2.45, 2.75) is 19.9 Å². The lowest BCUT2D eigenvalue weighted by atomic mass is 10.1. The van der Waals surface area contributed by atoms with Gasteiger partial charge in [0.2, 0.25) is 0 Å². The fraction of sp³-hybridized carbons (Fsp3) is 0.333. The predicted molar refractivity (Wildman–Crippen MR) is 108 cm³/mol. The summed E-state index contributed by atoms with van der Waals surface area (Å²) in [5, 5.41) is 9.28. The number of aryl methyl sites for hydroxylation is 1. The van der Waals surface area contributed by atoms with Gasteiger partial charge < -0.3 is 9.88 Å². The van der Waals surface area contributed by atoms with Crippen molar-refractivity contribution in [2.75, 3.05) is 31.1 Å². The van der Waals surface area contributed by atoms with Crippen LogP contribution in [0.1, 0.15) is 23.6 Å². The summed E-state index contributed by atoms with van der Waals surface area (Å²) in [7, 11) is 0. The van der Waals surface area contributed by atoms with Crippen LogP contribution >= 0.6 is 0 Å². The summed E-state index contributed by atoms with van der Waals surface area (Å²) in [6, 6.07) is 8.02. The summed E-state index contributed by atoms with van der Waals surface area (Å²) >= 11 is 0. The molecule has 1 saturated heterocycles. The normalized spacial score (nSPS) is 14.9. The molecule has 4 heterocycles. The molecule has 0 spiro atoms. The Balaban J connectivity index is 1.45. The molecule has 4 rings (SSSR count). The van der Waals surface area contributed by atoms with E-state index in [0.29, 0.717) is 12.0 Å². The zero-order chi connectivity index (χ0) is 19.5. The Bertz CT molecular complexity index is 1090. The first-order valence-electron chi connectivity index (χ1n) is 9.50. The number of rotatable bonds is 4. The molecule has 0 saturated carbocycles. The van der Waals surface area contributed by atoms with Gasteiger partial charge in [-0.05, 0) is 30.2 Å². The number of fused-ring (bicyclic) bond motifs is 1. The van der Waals surface area contributed by atoms with Crippen molar-refractivity contribution in [1.29, 1.82) is 5.26 Å². The van der Waals surface area contributed by atoms with Crippen LogP contribution in [0.3, 0.4) is 0 Å². The second-order valence-corrected chi connectivity index (χ2v) is 7.02. The molecule has 1 aliphatic rings. The topological polar surface area (TPSA) is 88.9 Å². The van der Waals surface area contributed by atoms with E-state index in [1.54, 1.807) is 12.4 Å². The maximum Gasteiger partial charge on any atom is 0.251 e. The minimum atomic E-state index is -0.0341. The predicted octanol–water partition coefficient (Wildman–Crippen LogP) is 2.07. The van der Waals surface area contributed by atoms with Crippen LogP contribution < -0.4 is 10.5 Å². The Hall–Kier alpha value is -3.24. The highest BCUT2D eigenvalue weighted by Gasteiger charge is 2.19. The Morgan fingerprint density at radius 1 is 1.21 bits per heavy atom. The monoisotopic (exact) mass is 374 g/mol. The van der Waals surface area contributed by atoms with E-state index in [1.807, 2.05) is 31.3 Å². The zero-order valence-corrected chi connectivity index (χ0v) is 15.9. The van der Waals surface area contributed by atoms with Gasteiger partial charge in [-0.1, -0.05) is 6.92 Å². The molecule has 3 aromatic rings. The molecule has 0 aliphatic carbocycles. The average molecular weight is 374 g/mol. The third kappa shape index (κ3) is 3.59. The number of H-pyrrole nitrogens is 1. The van der Waals surface area contributed by atoms with Crippen LogP contribution in [0.15, 0.2) is 41.6 Å². The highest BCUT2D eigenvalue weighted by Crippen LogP contribution is 2.21. The molecule has 0 atom stereocenters. The second kappa shape index (κ2) is 7.79. The van der Waals surface area contributed by atoms with Crippen molar-refractivity contribution in [1.82, 2.24) is 19.9 Å². The van der Waals surface area contributed by atoms with Gasteiger partial charge >= 0.3 is 0 Å². The van der Waals surface area contributed by atoms with E-state index in [2.05, 4.69) is 30.8 Å². The number of hydrogen-bond donors (Lipinski definition) is 1. The van der Waals surface area contributed by atoms with Crippen molar-refractivity contribution < 1.29 is 0 Å². The van der Waals surface area contributed by atoms with Crippen molar-refractivity contribution in [2.24, 2.45) is 0 Å². The number of piperazine rings is 1. The van der Waals surface area contributed by atoms with E-state index >= 15 is 0 Å². The number of hydrogen-bond acceptors (Lipinski definition) is 6. The van der Waals surface area contributed by atoms with Crippen LogP contribution in [0.25, 0.3) is 11.0 Å². The maximum absolute atomic E-state index is 12.1. The number of aromatic amines is 1. The summed E-state index contributed by atoms with van der Waals surface area (Å²) in [4.78, 5) is 28.2. The molecule has 1 aliphatic heterocycles. The van der Waals surface area contributed by atoms with Crippen LogP contribution in [0.5, 0.6) is 0 Å². The number of anilines is 1. The SMILES string of the molecule is CCc1cc2ncc(CN3CCN(c4ccncc4C#N)CC3)cc2[nH]c1=O. The van der Waals surface area contributed by atoms with E-state index < -0.39 is 0 Å². The Morgan fingerprint density at radius 3 is 2.79 bits per heavy atom. The molecule has 7 heteroatoms. The maximum atomic E-state index is 12.1. The van der Waals surface area contributed by atoms with E-state index in [-0.39, 0.29) is 5.56 Å².